The maximum Gasteiger partial charge on any atom is 0.192 e. The van der Waals surface area contributed by atoms with Gasteiger partial charge >= 0.3 is 0 Å². The SMILES string of the molecule is CN=C(N)Nc1ccncc1. The summed E-state index contributed by atoms with van der Waals surface area (Å²) in [5, 5.41) is 2.88. The maximum atomic E-state index is 5.42. The fourth-order valence-electron chi connectivity index (χ4n) is 0.639. The summed E-state index contributed by atoms with van der Waals surface area (Å²) in [5.74, 6) is 0.399. The van der Waals surface area contributed by atoms with Gasteiger partial charge in [-0.1, -0.05) is 0 Å². The van der Waals surface area contributed by atoms with E-state index in [0.717, 1.165) is 5.69 Å². The van der Waals surface area contributed by atoms with Crippen LogP contribution in [0.1, 0.15) is 0 Å². The van der Waals surface area contributed by atoms with Crippen molar-refractivity contribution < 1.29 is 0 Å². The first-order valence-corrected chi connectivity index (χ1v) is 3.22. The minimum atomic E-state index is 0.399. The van der Waals surface area contributed by atoms with Crippen molar-refractivity contribution in [3.05, 3.63) is 24.5 Å². The highest BCUT2D eigenvalue weighted by Crippen LogP contribution is 2.01. The Labute approximate surface area is 65.2 Å². The van der Waals surface area contributed by atoms with Crippen LogP contribution in [-0.4, -0.2) is 18.0 Å². The molecule has 0 saturated carbocycles. The average molecular weight is 150 g/mol. The van der Waals surface area contributed by atoms with E-state index in [1.54, 1.807) is 19.4 Å². The van der Waals surface area contributed by atoms with Crippen LogP contribution in [0, 0.1) is 0 Å². The molecule has 1 heterocycles. The summed E-state index contributed by atoms with van der Waals surface area (Å²) >= 11 is 0. The number of nitrogens with zero attached hydrogens (tertiary/aromatic N) is 2. The van der Waals surface area contributed by atoms with E-state index in [-0.39, 0.29) is 0 Å². The number of anilines is 1. The molecule has 1 aromatic rings. The van der Waals surface area contributed by atoms with Crippen LogP contribution in [0.3, 0.4) is 0 Å². The number of pyridine rings is 1. The van der Waals surface area contributed by atoms with Crippen LogP contribution in [0.2, 0.25) is 0 Å². The molecule has 0 spiro atoms. The molecular formula is C7H10N4. The second-order valence-electron chi connectivity index (χ2n) is 1.97. The molecule has 11 heavy (non-hydrogen) atoms. The molecule has 0 radical (unpaired) electrons. The van der Waals surface area contributed by atoms with Crippen LogP contribution in [0.15, 0.2) is 29.5 Å². The summed E-state index contributed by atoms with van der Waals surface area (Å²) in [6.45, 7) is 0. The highest BCUT2D eigenvalue weighted by Gasteiger charge is 1.89. The molecule has 1 aromatic heterocycles. The number of nitrogens with two attached hydrogens (primary N) is 1. The van der Waals surface area contributed by atoms with E-state index < -0.39 is 0 Å². The Hall–Kier alpha value is -1.58. The molecule has 1 rings (SSSR count). The van der Waals surface area contributed by atoms with E-state index in [1.165, 1.54) is 0 Å². The van der Waals surface area contributed by atoms with Gasteiger partial charge in [0.1, 0.15) is 0 Å². The van der Waals surface area contributed by atoms with Crippen LogP contribution in [0.25, 0.3) is 0 Å². The molecule has 0 saturated heterocycles. The van der Waals surface area contributed by atoms with Crippen LogP contribution >= 0.6 is 0 Å². The Bertz CT molecular complexity index is 242. The normalized spacial score (nSPS) is 11.2. The molecule has 0 bridgehead atoms. The number of hydrogen-bond donors (Lipinski definition) is 2. The van der Waals surface area contributed by atoms with Crippen LogP contribution in [0.4, 0.5) is 5.69 Å². The number of guanidine groups is 1. The fraction of sp³-hybridized carbons (Fsp3) is 0.143. The van der Waals surface area contributed by atoms with E-state index in [9.17, 15) is 0 Å². The largest absolute Gasteiger partial charge is 0.370 e. The maximum absolute atomic E-state index is 5.42. The summed E-state index contributed by atoms with van der Waals surface area (Å²) in [6.07, 6.45) is 3.37. The number of hydrogen-bond acceptors (Lipinski definition) is 2. The summed E-state index contributed by atoms with van der Waals surface area (Å²) in [4.78, 5) is 7.60. The molecule has 0 aliphatic carbocycles. The van der Waals surface area contributed by atoms with Gasteiger partial charge in [-0.15, -0.1) is 0 Å². The van der Waals surface area contributed by atoms with Crippen molar-refractivity contribution in [3.8, 4) is 0 Å². The smallest absolute Gasteiger partial charge is 0.192 e. The van der Waals surface area contributed by atoms with Crippen LogP contribution in [0.5, 0.6) is 0 Å². The Morgan fingerprint density at radius 2 is 2.18 bits per heavy atom. The standard InChI is InChI=1S/C7H10N4/c1-9-7(8)11-6-2-4-10-5-3-6/h2-5H,1H3,(H3,8,9,10,11). The van der Waals surface area contributed by atoms with Gasteiger partial charge < -0.3 is 11.1 Å². The first-order chi connectivity index (χ1) is 5.33. The Kier molecular flexibility index (Phi) is 2.43. The first kappa shape index (κ1) is 7.53. The molecule has 4 heteroatoms. The van der Waals surface area contributed by atoms with E-state index in [0.29, 0.717) is 5.96 Å². The molecule has 0 aliphatic rings. The van der Waals surface area contributed by atoms with Crippen molar-refractivity contribution in [2.45, 2.75) is 0 Å². The van der Waals surface area contributed by atoms with Gasteiger partial charge in [0.05, 0.1) is 0 Å². The van der Waals surface area contributed by atoms with Gasteiger partial charge in [-0.25, -0.2) is 0 Å². The summed E-state index contributed by atoms with van der Waals surface area (Å²) in [5.41, 5.74) is 6.32. The molecule has 0 atom stereocenters. The van der Waals surface area contributed by atoms with Crippen molar-refractivity contribution in [2.24, 2.45) is 10.7 Å². The molecule has 0 fully saturated rings. The molecule has 0 amide bonds. The second kappa shape index (κ2) is 3.55. The van der Waals surface area contributed by atoms with Crippen molar-refractivity contribution in [1.82, 2.24) is 4.98 Å². The minimum Gasteiger partial charge on any atom is -0.370 e. The molecule has 0 aromatic carbocycles. The molecule has 0 unspecified atom stereocenters. The van der Waals surface area contributed by atoms with Crippen LogP contribution in [-0.2, 0) is 0 Å². The van der Waals surface area contributed by atoms with E-state index >= 15 is 0 Å². The lowest BCUT2D eigenvalue weighted by Crippen LogP contribution is -2.21. The van der Waals surface area contributed by atoms with Crippen molar-refractivity contribution >= 4 is 11.6 Å². The summed E-state index contributed by atoms with van der Waals surface area (Å²) in [7, 11) is 1.63. The van der Waals surface area contributed by atoms with E-state index in [4.69, 9.17) is 5.73 Å². The fourth-order valence-corrected chi connectivity index (χ4v) is 0.639. The molecular weight excluding hydrogens is 140 g/mol. The average Bonchev–Trinajstić information content (AvgIpc) is 2.06. The summed E-state index contributed by atoms with van der Waals surface area (Å²) < 4.78 is 0. The highest BCUT2D eigenvalue weighted by molar-refractivity contribution is 5.91. The predicted octanol–water partition coefficient (Wildman–Crippen LogP) is 0.438. The third-order valence-electron chi connectivity index (χ3n) is 1.19. The van der Waals surface area contributed by atoms with E-state index in [2.05, 4.69) is 15.3 Å². The third-order valence-corrected chi connectivity index (χ3v) is 1.19. The Balaban J connectivity index is 2.65. The molecule has 4 nitrogen and oxygen atoms in total. The Morgan fingerprint density at radius 3 is 2.73 bits per heavy atom. The number of aromatic nitrogens is 1. The molecule has 3 N–H and O–H groups in total. The number of rotatable bonds is 1. The van der Waals surface area contributed by atoms with Gasteiger partial charge in [0.25, 0.3) is 0 Å². The third kappa shape index (κ3) is 2.25. The molecule has 58 valence electrons. The van der Waals surface area contributed by atoms with Gasteiger partial charge in [-0.3, -0.25) is 9.98 Å². The topological polar surface area (TPSA) is 63.3 Å². The highest BCUT2D eigenvalue weighted by atomic mass is 15.1. The Morgan fingerprint density at radius 1 is 1.55 bits per heavy atom. The lowest BCUT2D eigenvalue weighted by atomic mass is 10.4. The van der Waals surface area contributed by atoms with Crippen molar-refractivity contribution in [3.63, 3.8) is 0 Å². The van der Waals surface area contributed by atoms with Gasteiger partial charge in [-0.2, -0.15) is 0 Å². The number of nitrogens with one attached hydrogen (secondary N) is 1. The monoisotopic (exact) mass is 150 g/mol. The minimum absolute atomic E-state index is 0.399. The predicted molar refractivity (Wildman–Crippen MR) is 45.4 cm³/mol. The molecule has 0 aliphatic heterocycles. The zero-order valence-corrected chi connectivity index (χ0v) is 6.28. The van der Waals surface area contributed by atoms with Crippen molar-refractivity contribution in [1.29, 1.82) is 0 Å². The lowest BCUT2D eigenvalue weighted by Gasteiger charge is -2.02. The van der Waals surface area contributed by atoms with Crippen molar-refractivity contribution in [2.75, 3.05) is 12.4 Å². The first-order valence-electron chi connectivity index (χ1n) is 3.22. The quantitative estimate of drug-likeness (QED) is 0.451. The van der Waals surface area contributed by atoms with E-state index in [1.807, 2.05) is 12.1 Å². The van der Waals surface area contributed by atoms with Crippen LogP contribution < -0.4 is 11.1 Å². The second-order valence-corrected chi connectivity index (χ2v) is 1.97. The number of aliphatic imine (C=N–C) groups is 1. The lowest BCUT2D eigenvalue weighted by molar-refractivity contribution is 1.32. The zero-order valence-electron chi connectivity index (χ0n) is 6.28. The van der Waals surface area contributed by atoms with Gasteiger partial charge in [0.15, 0.2) is 5.96 Å². The van der Waals surface area contributed by atoms with Gasteiger partial charge in [0, 0.05) is 25.1 Å². The van der Waals surface area contributed by atoms with Gasteiger partial charge in [-0.05, 0) is 12.1 Å². The zero-order chi connectivity index (χ0) is 8.10. The summed E-state index contributed by atoms with van der Waals surface area (Å²) in [6, 6.07) is 3.64. The van der Waals surface area contributed by atoms with Gasteiger partial charge in [0.2, 0.25) is 0 Å².